The Labute approximate surface area is 201 Å². The summed E-state index contributed by atoms with van der Waals surface area (Å²) in [6, 6.07) is 15.1. The van der Waals surface area contributed by atoms with Crippen LogP contribution in [0.25, 0.3) is 11.1 Å². The number of hydrogen-bond acceptors (Lipinski definition) is 4. The molecule has 0 saturated heterocycles. The van der Waals surface area contributed by atoms with Gasteiger partial charge in [0.05, 0.1) is 0 Å². The Kier molecular flexibility index (Phi) is 7.97. The van der Waals surface area contributed by atoms with E-state index in [1.807, 2.05) is 64.1 Å². The molecule has 1 aliphatic carbocycles. The first kappa shape index (κ1) is 25.3. The van der Waals surface area contributed by atoms with Crippen LogP contribution in [0.5, 0.6) is 0 Å². The molecule has 1 atom stereocenters. The molecule has 0 spiro atoms. The fourth-order valence-electron chi connectivity index (χ4n) is 4.45. The van der Waals surface area contributed by atoms with Crippen LogP contribution in [0.3, 0.4) is 0 Å². The van der Waals surface area contributed by atoms with Gasteiger partial charge in [-0.2, -0.15) is 0 Å². The molecular formula is C27H34N2O5. The van der Waals surface area contributed by atoms with E-state index in [-0.39, 0.29) is 36.7 Å². The summed E-state index contributed by atoms with van der Waals surface area (Å²) in [5, 5.41) is 11.8. The number of rotatable bonds is 9. The van der Waals surface area contributed by atoms with Gasteiger partial charge in [0.15, 0.2) is 0 Å². The lowest BCUT2D eigenvalue weighted by Crippen LogP contribution is -2.50. The van der Waals surface area contributed by atoms with E-state index in [9.17, 15) is 14.4 Å². The number of amides is 2. The average Bonchev–Trinajstić information content (AvgIpc) is 3.11. The summed E-state index contributed by atoms with van der Waals surface area (Å²) in [6.07, 6.45) is -0.955. The molecule has 34 heavy (non-hydrogen) atoms. The van der Waals surface area contributed by atoms with E-state index in [1.165, 1.54) is 0 Å². The number of fused-ring (bicyclic) bond motifs is 3. The summed E-state index contributed by atoms with van der Waals surface area (Å²) >= 11 is 0. The second-order valence-corrected chi connectivity index (χ2v) is 9.87. The second kappa shape index (κ2) is 10.7. The highest BCUT2D eigenvalue weighted by atomic mass is 16.5. The van der Waals surface area contributed by atoms with Crippen LogP contribution < -0.4 is 5.32 Å². The number of benzene rings is 2. The van der Waals surface area contributed by atoms with Gasteiger partial charge in [-0.25, -0.2) is 4.79 Å². The Morgan fingerprint density at radius 1 is 1.03 bits per heavy atom. The molecule has 2 aromatic carbocycles. The van der Waals surface area contributed by atoms with E-state index in [4.69, 9.17) is 9.84 Å². The molecule has 1 unspecified atom stereocenters. The molecule has 7 heteroatoms. The van der Waals surface area contributed by atoms with Crippen LogP contribution in [0.15, 0.2) is 48.5 Å². The number of carboxylic acids is 1. The van der Waals surface area contributed by atoms with Crippen LogP contribution in [0.2, 0.25) is 0 Å². The van der Waals surface area contributed by atoms with Crippen LogP contribution in [-0.4, -0.2) is 53.7 Å². The molecule has 0 radical (unpaired) electrons. The fourth-order valence-corrected chi connectivity index (χ4v) is 4.45. The minimum atomic E-state index is -1.02. The molecule has 3 rings (SSSR count). The average molecular weight is 467 g/mol. The number of carbonyl (C=O) groups excluding carboxylic acids is 2. The smallest absolute Gasteiger partial charge is 0.407 e. The first-order chi connectivity index (χ1) is 16.1. The third-order valence-electron chi connectivity index (χ3n) is 5.94. The van der Waals surface area contributed by atoms with Crippen LogP contribution in [0.4, 0.5) is 4.79 Å². The van der Waals surface area contributed by atoms with Gasteiger partial charge >= 0.3 is 12.1 Å². The number of alkyl carbamates (subject to hydrolysis) is 1. The molecule has 1 aliphatic rings. The van der Waals surface area contributed by atoms with Crippen molar-refractivity contribution in [3.63, 3.8) is 0 Å². The molecular weight excluding hydrogens is 432 g/mol. The lowest BCUT2D eigenvalue weighted by Gasteiger charge is -2.32. The van der Waals surface area contributed by atoms with E-state index in [1.54, 1.807) is 4.90 Å². The third-order valence-corrected chi connectivity index (χ3v) is 5.94. The van der Waals surface area contributed by atoms with Crippen molar-refractivity contribution >= 4 is 18.0 Å². The first-order valence-corrected chi connectivity index (χ1v) is 11.7. The maximum atomic E-state index is 13.2. The molecule has 0 heterocycles. The lowest BCUT2D eigenvalue weighted by atomic mass is 9.95. The van der Waals surface area contributed by atoms with Crippen molar-refractivity contribution < 1.29 is 24.2 Å². The standard InChI is InChI=1S/C27H34N2O5/c1-5-29(17-27(2,3)4)25(32)23(14-15-24(30)31)28-26(33)34-16-22-20-12-8-6-10-18(20)19-11-7-9-13-21(19)22/h6-13,22-23H,5,14-17H2,1-4H3,(H,28,33)(H,30,31). The molecule has 0 saturated carbocycles. The van der Waals surface area contributed by atoms with Crippen molar-refractivity contribution in [2.75, 3.05) is 19.7 Å². The van der Waals surface area contributed by atoms with Crippen molar-refractivity contribution in [1.29, 1.82) is 0 Å². The normalized spacial score (nSPS) is 13.5. The monoisotopic (exact) mass is 466 g/mol. The number of carboxylic acid groups (broad SMARTS) is 1. The number of nitrogens with one attached hydrogen (secondary N) is 1. The van der Waals surface area contributed by atoms with Crippen LogP contribution in [0, 0.1) is 5.41 Å². The molecule has 182 valence electrons. The zero-order valence-electron chi connectivity index (χ0n) is 20.3. The highest BCUT2D eigenvalue weighted by Gasteiger charge is 2.31. The Morgan fingerprint density at radius 2 is 1.59 bits per heavy atom. The van der Waals surface area contributed by atoms with Gasteiger partial charge in [-0.15, -0.1) is 0 Å². The summed E-state index contributed by atoms with van der Waals surface area (Å²) in [4.78, 5) is 38.7. The SMILES string of the molecule is CCN(CC(C)(C)C)C(=O)C(CCC(=O)O)NC(=O)OCC1c2ccccc2-c2ccccc21. The number of carbonyl (C=O) groups is 3. The highest BCUT2D eigenvalue weighted by molar-refractivity contribution is 5.86. The summed E-state index contributed by atoms with van der Waals surface area (Å²) in [7, 11) is 0. The largest absolute Gasteiger partial charge is 0.481 e. The van der Waals surface area contributed by atoms with E-state index in [0.29, 0.717) is 13.1 Å². The molecule has 0 aromatic heterocycles. The minimum absolute atomic E-state index is 0.000987. The molecule has 2 N–H and O–H groups in total. The number of hydrogen-bond donors (Lipinski definition) is 2. The van der Waals surface area contributed by atoms with Crippen molar-refractivity contribution in [3.8, 4) is 11.1 Å². The zero-order valence-corrected chi connectivity index (χ0v) is 20.3. The van der Waals surface area contributed by atoms with Gasteiger partial charge in [0.2, 0.25) is 5.91 Å². The highest BCUT2D eigenvalue weighted by Crippen LogP contribution is 2.44. The minimum Gasteiger partial charge on any atom is -0.481 e. The van der Waals surface area contributed by atoms with Gasteiger partial charge < -0.3 is 20.1 Å². The molecule has 0 bridgehead atoms. The van der Waals surface area contributed by atoms with Gasteiger partial charge in [-0.3, -0.25) is 9.59 Å². The number of aliphatic carboxylic acids is 1. The van der Waals surface area contributed by atoms with Crippen LogP contribution >= 0.6 is 0 Å². The van der Waals surface area contributed by atoms with E-state index in [2.05, 4.69) is 17.4 Å². The summed E-state index contributed by atoms with van der Waals surface area (Å²) in [5.41, 5.74) is 4.31. The Balaban J connectivity index is 1.70. The fraction of sp³-hybridized carbons (Fsp3) is 0.444. The van der Waals surface area contributed by atoms with E-state index < -0.39 is 18.1 Å². The second-order valence-electron chi connectivity index (χ2n) is 9.87. The van der Waals surface area contributed by atoms with E-state index >= 15 is 0 Å². The first-order valence-electron chi connectivity index (χ1n) is 11.7. The van der Waals surface area contributed by atoms with Crippen molar-refractivity contribution in [3.05, 3.63) is 59.7 Å². The summed E-state index contributed by atoms with van der Waals surface area (Å²) in [6.45, 7) is 9.02. The summed E-state index contributed by atoms with van der Waals surface area (Å²) in [5.74, 6) is -1.42. The Hall–Kier alpha value is -3.35. The lowest BCUT2D eigenvalue weighted by molar-refractivity contribution is -0.138. The Morgan fingerprint density at radius 3 is 2.09 bits per heavy atom. The Bertz CT molecular complexity index is 998. The maximum absolute atomic E-state index is 13.2. The number of likely N-dealkylation sites (N-methyl/N-ethyl adjacent to an activating group) is 1. The van der Waals surface area contributed by atoms with Crippen LogP contribution in [0.1, 0.15) is 57.6 Å². The topological polar surface area (TPSA) is 95.9 Å². The number of ether oxygens (including phenoxy) is 1. The van der Waals surface area contributed by atoms with Crippen molar-refractivity contribution in [2.24, 2.45) is 5.41 Å². The molecule has 2 amide bonds. The van der Waals surface area contributed by atoms with Gasteiger partial charge in [0.1, 0.15) is 12.6 Å². The predicted molar refractivity (Wildman–Crippen MR) is 131 cm³/mol. The summed E-state index contributed by atoms with van der Waals surface area (Å²) < 4.78 is 5.57. The predicted octanol–water partition coefficient (Wildman–Crippen LogP) is 4.65. The third kappa shape index (κ3) is 6.16. The van der Waals surface area contributed by atoms with E-state index in [0.717, 1.165) is 22.3 Å². The zero-order chi connectivity index (χ0) is 24.9. The maximum Gasteiger partial charge on any atom is 0.407 e. The quantitative estimate of drug-likeness (QED) is 0.561. The van der Waals surface area contributed by atoms with Gasteiger partial charge in [-0.05, 0) is 41.0 Å². The molecule has 0 fully saturated rings. The number of nitrogens with zero attached hydrogens (tertiary/aromatic N) is 1. The van der Waals surface area contributed by atoms with Crippen LogP contribution in [-0.2, 0) is 14.3 Å². The van der Waals surface area contributed by atoms with Gasteiger partial charge in [0.25, 0.3) is 0 Å². The van der Waals surface area contributed by atoms with Gasteiger partial charge in [0, 0.05) is 25.4 Å². The van der Waals surface area contributed by atoms with Crippen molar-refractivity contribution in [1.82, 2.24) is 10.2 Å². The molecule has 0 aliphatic heterocycles. The van der Waals surface area contributed by atoms with Crippen molar-refractivity contribution in [2.45, 2.75) is 52.5 Å². The molecule has 2 aromatic rings. The molecule has 7 nitrogen and oxygen atoms in total. The van der Waals surface area contributed by atoms with Gasteiger partial charge in [-0.1, -0.05) is 69.3 Å².